The lowest BCUT2D eigenvalue weighted by molar-refractivity contribution is -0.123. The summed E-state index contributed by atoms with van der Waals surface area (Å²) in [6, 6.07) is -0.0148. The summed E-state index contributed by atoms with van der Waals surface area (Å²) in [7, 11) is 0. The predicted octanol–water partition coefficient (Wildman–Crippen LogP) is 2.15. The minimum atomic E-state index is -0.340. The normalized spacial score (nSPS) is 25.3. The highest BCUT2D eigenvalue weighted by Crippen LogP contribution is 2.35. The van der Waals surface area contributed by atoms with Gasteiger partial charge in [-0.25, -0.2) is 0 Å². The number of amides is 1. The highest BCUT2D eigenvalue weighted by Gasteiger charge is 2.29. The minimum absolute atomic E-state index is 0.0294. The Morgan fingerprint density at radius 2 is 2.29 bits per heavy atom. The van der Waals surface area contributed by atoms with E-state index in [0.717, 1.165) is 25.0 Å². The number of thioether (sulfide) groups is 1. The predicted molar refractivity (Wildman–Crippen MR) is 75.2 cm³/mol. The molecule has 17 heavy (non-hydrogen) atoms. The standard InChI is InChI=1S/C13H26N2OS/c1-13(2)7-4-5-10(9-13)15-12(16)11(14)6-8-17-3/h10-11H,4-9,14H2,1-3H3,(H,15,16)/t10?,11-/m1/s1. The van der Waals surface area contributed by atoms with E-state index in [-0.39, 0.29) is 11.9 Å². The second-order valence-corrected chi connectivity index (χ2v) is 6.84. The van der Waals surface area contributed by atoms with Gasteiger partial charge in [-0.1, -0.05) is 20.3 Å². The van der Waals surface area contributed by atoms with Crippen molar-refractivity contribution in [2.24, 2.45) is 11.1 Å². The number of hydrogen-bond acceptors (Lipinski definition) is 3. The molecule has 1 fully saturated rings. The summed E-state index contributed by atoms with van der Waals surface area (Å²) in [6.07, 6.45) is 7.45. The summed E-state index contributed by atoms with van der Waals surface area (Å²) in [5.74, 6) is 0.979. The van der Waals surface area contributed by atoms with Gasteiger partial charge in [0.1, 0.15) is 0 Å². The Morgan fingerprint density at radius 1 is 1.59 bits per heavy atom. The fraction of sp³-hybridized carbons (Fsp3) is 0.923. The van der Waals surface area contributed by atoms with Gasteiger partial charge in [-0.05, 0) is 43.1 Å². The number of nitrogens with two attached hydrogens (primary N) is 1. The Hall–Kier alpha value is -0.220. The van der Waals surface area contributed by atoms with Crippen molar-refractivity contribution in [3.8, 4) is 0 Å². The maximum absolute atomic E-state index is 11.9. The first-order chi connectivity index (χ1) is 7.94. The van der Waals surface area contributed by atoms with Gasteiger partial charge >= 0.3 is 0 Å². The fourth-order valence-corrected chi connectivity index (χ4v) is 3.00. The smallest absolute Gasteiger partial charge is 0.237 e. The number of carbonyl (C=O) groups excluding carboxylic acids is 1. The van der Waals surface area contributed by atoms with Crippen LogP contribution in [-0.4, -0.2) is 30.0 Å². The van der Waals surface area contributed by atoms with Crippen molar-refractivity contribution in [1.82, 2.24) is 5.32 Å². The van der Waals surface area contributed by atoms with Crippen LogP contribution < -0.4 is 11.1 Å². The Morgan fingerprint density at radius 3 is 2.88 bits per heavy atom. The lowest BCUT2D eigenvalue weighted by Gasteiger charge is -2.35. The van der Waals surface area contributed by atoms with E-state index in [2.05, 4.69) is 19.2 Å². The van der Waals surface area contributed by atoms with E-state index in [1.807, 2.05) is 6.26 Å². The number of hydrogen-bond donors (Lipinski definition) is 2. The Bertz CT molecular complexity index is 256. The van der Waals surface area contributed by atoms with Crippen LogP contribution in [-0.2, 0) is 4.79 Å². The summed E-state index contributed by atoms with van der Waals surface area (Å²) >= 11 is 1.73. The SMILES string of the molecule is CSCC[C@@H](N)C(=O)NC1CCCC(C)(C)C1. The monoisotopic (exact) mass is 258 g/mol. The number of carbonyl (C=O) groups is 1. The van der Waals surface area contributed by atoms with Crippen molar-refractivity contribution in [3.05, 3.63) is 0 Å². The molecular weight excluding hydrogens is 232 g/mol. The molecule has 1 saturated carbocycles. The van der Waals surface area contributed by atoms with Crippen molar-refractivity contribution < 1.29 is 4.79 Å². The summed E-state index contributed by atoms with van der Waals surface area (Å²) in [5.41, 5.74) is 6.22. The van der Waals surface area contributed by atoms with Crippen molar-refractivity contribution in [3.63, 3.8) is 0 Å². The fourth-order valence-electron chi connectivity index (χ4n) is 2.51. The van der Waals surface area contributed by atoms with Crippen LogP contribution in [0.4, 0.5) is 0 Å². The van der Waals surface area contributed by atoms with Gasteiger partial charge in [-0.15, -0.1) is 0 Å². The van der Waals surface area contributed by atoms with Crippen molar-refractivity contribution in [2.75, 3.05) is 12.0 Å². The Balaban J connectivity index is 2.35. The summed E-state index contributed by atoms with van der Waals surface area (Å²) in [4.78, 5) is 11.9. The molecule has 1 aliphatic rings. The molecule has 0 aromatic rings. The van der Waals surface area contributed by atoms with Gasteiger partial charge in [-0.3, -0.25) is 4.79 Å². The molecule has 3 nitrogen and oxygen atoms in total. The van der Waals surface area contributed by atoms with Crippen LogP contribution in [0.15, 0.2) is 0 Å². The molecule has 0 spiro atoms. The zero-order valence-electron chi connectivity index (χ0n) is 11.3. The van der Waals surface area contributed by atoms with Crippen LogP contribution in [0.5, 0.6) is 0 Å². The average Bonchev–Trinajstić information content (AvgIpc) is 2.24. The largest absolute Gasteiger partial charge is 0.352 e. The number of nitrogens with one attached hydrogen (secondary N) is 1. The molecule has 100 valence electrons. The van der Waals surface area contributed by atoms with Crippen LogP contribution in [0, 0.1) is 5.41 Å². The van der Waals surface area contributed by atoms with Gasteiger partial charge < -0.3 is 11.1 Å². The number of rotatable bonds is 5. The van der Waals surface area contributed by atoms with E-state index in [9.17, 15) is 4.79 Å². The van der Waals surface area contributed by atoms with Crippen molar-refractivity contribution >= 4 is 17.7 Å². The summed E-state index contributed by atoms with van der Waals surface area (Å²) in [5, 5.41) is 3.11. The summed E-state index contributed by atoms with van der Waals surface area (Å²) in [6.45, 7) is 4.55. The quantitative estimate of drug-likeness (QED) is 0.794. The molecule has 1 unspecified atom stereocenters. The third-order valence-electron chi connectivity index (χ3n) is 3.52. The first-order valence-electron chi connectivity index (χ1n) is 6.49. The van der Waals surface area contributed by atoms with Gasteiger partial charge in [0.25, 0.3) is 0 Å². The van der Waals surface area contributed by atoms with Crippen molar-refractivity contribution in [1.29, 1.82) is 0 Å². The molecule has 3 N–H and O–H groups in total. The Kier molecular flexibility index (Phi) is 5.80. The van der Waals surface area contributed by atoms with E-state index < -0.39 is 0 Å². The lowest BCUT2D eigenvalue weighted by Crippen LogP contribution is -2.48. The molecule has 0 bridgehead atoms. The second-order valence-electron chi connectivity index (χ2n) is 5.85. The topological polar surface area (TPSA) is 55.1 Å². The molecule has 0 aliphatic heterocycles. The maximum Gasteiger partial charge on any atom is 0.237 e. The molecule has 4 heteroatoms. The molecule has 1 amide bonds. The van der Waals surface area contributed by atoms with E-state index in [0.29, 0.717) is 11.5 Å². The molecular formula is C13H26N2OS. The van der Waals surface area contributed by atoms with E-state index in [1.165, 1.54) is 12.8 Å². The van der Waals surface area contributed by atoms with Gasteiger partial charge in [0, 0.05) is 6.04 Å². The highest BCUT2D eigenvalue weighted by atomic mass is 32.2. The third kappa shape index (κ3) is 5.30. The van der Waals surface area contributed by atoms with Gasteiger partial charge in [-0.2, -0.15) is 11.8 Å². The summed E-state index contributed by atoms with van der Waals surface area (Å²) < 4.78 is 0. The van der Waals surface area contributed by atoms with Crippen LogP contribution in [0.25, 0.3) is 0 Å². The molecule has 0 aromatic carbocycles. The minimum Gasteiger partial charge on any atom is -0.352 e. The van der Waals surface area contributed by atoms with Gasteiger partial charge in [0.15, 0.2) is 0 Å². The zero-order chi connectivity index (χ0) is 12.9. The Labute approximate surface area is 109 Å². The molecule has 0 heterocycles. The van der Waals surface area contributed by atoms with Crippen LogP contribution in [0.3, 0.4) is 0 Å². The first kappa shape index (κ1) is 14.8. The lowest BCUT2D eigenvalue weighted by atomic mass is 9.75. The van der Waals surface area contributed by atoms with Gasteiger partial charge in [0.2, 0.25) is 5.91 Å². The van der Waals surface area contributed by atoms with E-state index in [4.69, 9.17) is 5.73 Å². The molecule has 1 rings (SSSR count). The van der Waals surface area contributed by atoms with Crippen LogP contribution in [0.1, 0.15) is 46.0 Å². The van der Waals surface area contributed by atoms with E-state index in [1.54, 1.807) is 11.8 Å². The zero-order valence-corrected chi connectivity index (χ0v) is 12.1. The van der Waals surface area contributed by atoms with Gasteiger partial charge in [0.05, 0.1) is 6.04 Å². The van der Waals surface area contributed by atoms with E-state index >= 15 is 0 Å². The van der Waals surface area contributed by atoms with Crippen LogP contribution in [0.2, 0.25) is 0 Å². The van der Waals surface area contributed by atoms with Crippen molar-refractivity contribution in [2.45, 2.75) is 58.0 Å². The molecule has 1 aliphatic carbocycles. The molecule has 0 aromatic heterocycles. The average molecular weight is 258 g/mol. The highest BCUT2D eigenvalue weighted by molar-refractivity contribution is 7.98. The molecule has 2 atom stereocenters. The second kappa shape index (κ2) is 6.64. The van der Waals surface area contributed by atoms with Crippen LogP contribution >= 0.6 is 11.8 Å². The molecule has 0 radical (unpaired) electrons. The third-order valence-corrected chi connectivity index (χ3v) is 4.17. The maximum atomic E-state index is 11.9. The molecule has 0 saturated heterocycles. The first-order valence-corrected chi connectivity index (χ1v) is 7.89.